The van der Waals surface area contributed by atoms with Gasteiger partial charge in [0.1, 0.15) is 0 Å². The average molecular weight is 316 g/mol. The van der Waals surface area contributed by atoms with Crippen molar-refractivity contribution in [3.05, 3.63) is 64.2 Å². The molecule has 0 saturated carbocycles. The fourth-order valence-corrected chi connectivity index (χ4v) is 2.25. The van der Waals surface area contributed by atoms with E-state index in [2.05, 4.69) is 5.43 Å². The first-order valence-corrected chi connectivity index (χ1v) is 6.39. The highest BCUT2D eigenvalue weighted by Gasteiger charge is 2.31. The molecular weight excluding hydrogens is 303 g/mol. The summed E-state index contributed by atoms with van der Waals surface area (Å²) in [5.41, 5.74) is 8.87. The van der Waals surface area contributed by atoms with Crippen molar-refractivity contribution in [3.63, 3.8) is 0 Å². The van der Waals surface area contributed by atoms with Crippen molar-refractivity contribution in [3.8, 4) is 0 Å². The molecule has 7 heteroatoms. The maximum Gasteiger partial charge on any atom is 0.416 e. The van der Waals surface area contributed by atoms with Crippen LogP contribution in [0.3, 0.4) is 0 Å². The summed E-state index contributed by atoms with van der Waals surface area (Å²) in [6, 6.07) is 9.01. The third-order valence-electron chi connectivity index (χ3n) is 3.07. The van der Waals surface area contributed by atoms with Crippen LogP contribution in [-0.4, -0.2) is 0 Å². The highest BCUT2D eigenvalue weighted by atomic mass is 35.5. The molecule has 0 radical (unpaired) electrons. The van der Waals surface area contributed by atoms with Gasteiger partial charge in [-0.1, -0.05) is 29.8 Å². The number of hydrogen-bond donors (Lipinski definition) is 3. The summed E-state index contributed by atoms with van der Waals surface area (Å²) >= 11 is 5.82. The molecule has 2 rings (SSSR count). The Balaban J connectivity index is 2.47. The molecule has 0 aliphatic rings. The number of benzene rings is 2. The first-order valence-electron chi connectivity index (χ1n) is 6.01. The molecule has 1 unspecified atom stereocenters. The Kier molecular flexibility index (Phi) is 4.41. The lowest BCUT2D eigenvalue weighted by Gasteiger charge is -2.20. The number of halogens is 4. The van der Waals surface area contributed by atoms with Gasteiger partial charge in [-0.2, -0.15) is 13.2 Å². The summed E-state index contributed by atoms with van der Waals surface area (Å²) in [7, 11) is 0. The first kappa shape index (κ1) is 15.6. The van der Waals surface area contributed by atoms with Crippen molar-refractivity contribution in [1.82, 2.24) is 5.43 Å². The molecule has 2 aromatic rings. The van der Waals surface area contributed by atoms with Crippen LogP contribution in [0.25, 0.3) is 0 Å². The number of nitrogens with one attached hydrogen (secondary N) is 1. The molecule has 0 aromatic heterocycles. The zero-order chi connectivity index (χ0) is 15.6. The zero-order valence-corrected chi connectivity index (χ0v) is 11.5. The highest BCUT2D eigenvalue weighted by molar-refractivity contribution is 6.30. The topological polar surface area (TPSA) is 64.1 Å². The molecule has 0 spiro atoms. The van der Waals surface area contributed by atoms with Crippen LogP contribution >= 0.6 is 11.6 Å². The van der Waals surface area contributed by atoms with Gasteiger partial charge in [0.05, 0.1) is 11.6 Å². The molecule has 2 aromatic carbocycles. The molecule has 112 valence electrons. The number of alkyl halides is 3. The van der Waals surface area contributed by atoms with E-state index in [9.17, 15) is 13.2 Å². The molecule has 0 fully saturated rings. The third-order valence-corrected chi connectivity index (χ3v) is 3.31. The van der Waals surface area contributed by atoms with Crippen LogP contribution in [0.1, 0.15) is 22.7 Å². The number of nitrogen functional groups attached to an aromatic ring is 1. The molecule has 21 heavy (non-hydrogen) atoms. The van der Waals surface area contributed by atoms with Crippen LogP contribution in [0.15, 0.2) is 42.5 Å². The Hall–Kier alpha value is -1.76. The zero-order valence-electron chi connectivity index (χ0n) is 10.8. The second-order valence-corrected chi connectivity index (χ2v) is 4.93. The average Bonchev–Trinajstić information content (AvgIpc) is 2.41. The monoisotopic (exact) mass is 315 g/mol. The fourth-order valence-electron chi connectivity index (χ4n) is 2.07. The maximum atomic E-state index is 12.8. The predicted octanol–water partition coefficient (Wildman–Crippen LogP) is 3.49. The van der Waals surface area contributed by atoms with E-state index in [-0.39, 0.29) is 0 Å². The van der Waals surface area contributed by atoms with Gasteiger partial charge in [0.15, 0.2) is 0 Å². The van der Waals surface area contributed by atoms with Crippen molar-refractivity contribution < 1.29 is 13.2 Å². The summed E-state index contributed by atoms with van der Waals surface area (Å²) in [6.07, 6.45) is -4.42. The Labute approximate surface area is 124 Å². The third kappa shape index (κ3) is 3.47. The number of nitrogens with two attached hydrogens (primary N) is 2. The van der Waals surface area contributed by atoms with E-state index < -0.39 is 17.8 Å². The van der Waals surface area contributed by atoms with Crippen molar-refractivity contribution in [1.29, 1.82) is 0 Å². The molecule has 1 atom stereocenters. The smallest absolute Gasteiger partial charge is 0.398 e. The number of hydrogen-bond acceptors (Lipinski definition) is 3. The van der Waals surface area contributed by atoms with Crippen LogP contribution in [0.2, 0.25) is 5.02 Å². The largest absolute Gasteiger partial charge is 0.416 e. The Morgan fingerprint density at radius 3 is 2.38 bits per heavy atom. The molecule has 3 nitrogen and oxygen atoms in total. The molecule has 0 aliphatic heterocycles. The number of rotatable bonds is 3. The molecule has 0 saturated heterocycles. The van der Waals surface area contributed by atoms with Crippen LogP contribution in [-0.2, 0) is 6.18 Å². The van der Waals surface area contributed by atoms with Crippen LogP contribution < -0.4 is 17.0 Å². The van der Waals surface area contributed by atoms with Gasteiger partial charge in [-0.25, -0.2) is 5.43 Å². The van der Waals surface area contributed by atoms with Gasteiger partial charge in [-0.15, -0.1) is 0 Å². The first-order chi connectivity index (χ1) is 9.82. The lowest BCUT2D eigenvalue weighted by atomic mass is 9.96. The van der Waals surface area contributed by atoms with E-state index in [1.165, 1.54) is 12.1 Å². The van der Waals surface area contributed by atoms with Gasteiger partial charge < -0.3 is 5.73 Å². The van der Waals surface area contributed by atoms with Gasteiger partial charge in [-0.3, -0.25) is 5.84 Å². The summed E-state index contributed by atoms with van der Waals surface area (Å²) in [6.45, 7) is 0. The summed E-state index contributed by atoms with van der Waals surface area (Å²) in [4.78, 5) is 0. The standard InChI is InChI=1S/C14H13ClF3N3/c15-10-4-5-11(12(19)7-10)13(21-20)8-2-1-3-9(6-8)14(16,17)18/h1-7,13,21H,19-20H2. The predicted molar refractivity (Wildman–Crippen MR) is 76.5 cm³/mol. The lowest BCUT2D eigenvalue weighted by Crippen LogP contribution is -2.29. The van der Waals surface area contributed by atoms with Crippen molar-refractivity contribution >= 4 is 17.3 Å². The van der Waals surface area contributed by atoms with Crippen LogP contribution in [0.4, 0.5) is 18.9 Å². The fraction of sp³-hybridized carbons (Fsp3) is 0.143. The second-order valence-electron chi connectivity index (χ2n) is 4.50. The Bertz CT molecular complexity index is 644. The van der Waals surface area contributed by atoms with E-state index in [4.69, 9.17) is 23.2 Å². The Morgan fingerprint density at radius 2 is 1.81 bits per heavy atom. The summed E-state index contributed by atoms with van der Waals surface area (Å²) < 4.78 is 38.3. The Morgan fingerprint density at radius 1 is 1.10 bits per heavy atom. The van der Waals surface area contributed by atoms with Crippen molar-refractivity contribution in [2.75, 3.05) is 5.73 Å². The van der Waals surface area contributed by atoms with Gasteiger partial charge in [0, 0.05) is 10.7 Å². The molecule has 0 heterocycles. The van der Waals surface area contributed by atoms with Gasteiger partial charge in [-0.05, 0) is 35.4 Å². The van der Waals surface area contributed by atoms with Crippen molar-refractivity contribution in [2.24, 2.45) is 5.84 Å². The SMILES string of the molecule is NNC(c1cccc(C(F)(F)F)c1)c1ccc(Cl)cc1N. The van der Waals surface area contributed by atoms with Gasteiger partial charge in [0.2, 0.25) is 0 Å². The quantitative estimate of drug-likeness (QED) is 0.461. The second kappa shape index (κ2) is 5.93. The molecule has 0 amide bonds. The van der Waals surface area contributed by atoms with Gasteiger partial charge in [0.25, 0.3) is 0 Å². The minimum Gasteiger partial charge on any atom is -0.398 e. The van der Waals surface area contributed by atoms with Crippen LogP contribution in [0, 0.1) is 0 Å². The lowest BCUT2D eigenvalue weighted by molar-refractivity contribution is -0.137. The molecule has 5 N–H and O–H groups in total. The normalized spacial score (nSPS) is 13.2. The molecule has 0 aliphatic carbocycles. The summed E-state index contributed by atoms with van der Waals surface area (Å²) in [5, 5.41) is 0.441. The van der Waals surface area contributed by atoms with E-state index in [1.54, 1.807) is 18.2 Å². The van der Waals surface area contributed by atoms with Gasteiger partial charge >= 0.3 is 6.18 Å². The number of hydrazine groups is 1. The highest BCUT2D eigenvalue weighted by Crippen LogP contribution is 2.33. The van der Waals surface area contributed by atoms with Crippen LogP contribution in [0.5, 0.6) is 0 Å². The minimum absolute atomic E-state index is 0.350. The molecular formula is C14H13ClF3N3. The van der Waals surface area contributed by atoms with E-state index in [0.717, 1.165) is 12.1 Å². The molecule has 0 bridgehead atoms. The minimum atomic E-state index is -4.42. The van der Waals surface area contributed by atoms with E-state index in [0.29, 0.717) is 21.8 Å². The maximum absolute atomic E-state index is 12.8. The summed E-state index contributed by atoms with van der Waals surface area (Å²) in [5.74, 6) is 5.48. The van der Waals surface area contributed by atoms with E-state index in [1.807, 2.05) is 0 Å². The van der Waals surface area contributed by atoms with Crippen molar-refractivity contribution in [2.45, 2.75) is 12.2 Å². The van der Waals surface area contributed by atoms with E-state index >= 15 is 0 Å². The number of anilines is 1.